The Morgan fingerprint density at radius 1 is 1.09 bits per heavy atom. The molecule has 4 bridgehead atoms. The van der Waals surface area contributed by atoms with Crippen LogP contribution >= 0.6 is 0 Å². The number of amides is 1. The molecule has 3 aliphatic carbocycles. The van der Waals surface area contributed by atoms with Gasteiger partial charge in [-0.25, -0.2) is 0 Å². The van der Waals surface area contributed by atoms with Gasteiger partial charge in [0.1, 0.15) is 0 Å². The van der Waals surface area contributed by atoms with Gasteiger partial charge in [0.25, 0.3) is 5.91 Å². The molecule has 2 aliphatic heterocycles. The highest BCUT2D eigenvalue weighted by atomic mass is 27.1. The second kappa shape index (κ2) is 7.98. The van der Waals surface area contributed by atoms with Crippen molar-refractivity contribution < 1.29 is 4.79 Å². The molecular weight excluding hydrogens is 419 g/mol. The van der Waals surface area contributed by atoms with E-state index in [9.17, 15) is 4.79 Å². The number of nitrogens with one attached hydrogen (secondary N) is 2. The van der Waals surface area contributed by atoms with E-state index in [0.29, 0.717) is 17.8 Å². The van der Waals surface area contributed by atoms with Gasteiger partial charge >= 0.3 is 0 Å². The Morgan fingerprint density at radius 3 is 2.76 bits per heavy atom. The minimum atomic E-state index is -0.132. The quantitative estimate of drug-likeness (QED) is 0.638. The average molecular weight is 453 g/mol. The van der Waals surface area contributed by atoms with Crippen LogP contribution < -0.4 is 10.6 Å². The smallest absolute Gasteiger partial charge is 0.251 e. The van der Waals surface area contributed by atoms with Crippen LogP contribution in [-0.4, -0.2) is 38.7 Å². The average Bonchev–Trinajstić information content (AvgIpc) is 3.52. The monoisotopic (exact) mass is 452 g/mol. The van der Waals surface area contributed by atoms with Gasteiger partial charge < -0.3 is 5.32 Å². The van der Waals surface area contributed by atoms with Gasteiger partial charge in [-0.3, -0.25) is 10.1 Å². The van der Waals surface area contributed by atoms with Crippen LogP contribution in [0.2, 0.25) is 11.1 Å². The van der Waals surface area contributed by atoms with E-state index in [1.807, 2.05) is 24.3 Å². The normalized spacial score (nSPS) is 39.2. The number of rotatable bonds is 2. The summed E-state index contributed by atoms with van der Waals surface area (Å²) < 4.78 is 0. The van der Waals surface area contributed by atoms with E-state index in [1.165, 1.54) is 17.3 Å². The Balaban J connectivity index is 1.53. The zero-order valence-electron chi connectivity index (χ0n) is 19.6. The fourth-order valence-electron chi connectivity index (χ4n) is 7.74. The number of fused-ring (bicyclic) bond motifs is 9. The number of piperidine rings is 1. The van der Waals surface area contributed by atoms with Gasteiger partial charge in [-0.15, -0.1) is 5.79 Å². The van der Waals surface area contributed by atoms with Gasteiger partial charge in [0, 0.05) is 17.1 Å². The molecule has 1 aromatic carbocycles. The maximum Gasteiger partial charge on any atom is 0.251 e. The molecular formula is C29H33AlN2O. The molecule has 2 heterocycles. The van der Waals surface area contributed by atoms with Crippen LogP contribution in [0.5, 0.6) is 0 Å². The molecule has 3 nitrogen and oxygen atoms in total. The standard InChI is InChI=1S/C28H29N2O.CH3.Al.H/c1-27-16-20-23-18-11-7-4-3-5-8-12-19(15-18)26(31)29-25(24(20)23)28(2,17-27)30-22-14-10-6-9-13-21(22)27;;;/h3-15,20,22-25,30H,1,16-17H2,2H3,(H,29,31);1H3;;. The van der Waals surface area contributed by atoms with Gasteiger partial charge in [0.05, 0.1) is 6.04 Å². The highest BCUT2D eigenvalue weighted by Gasteiger charge is 2.67. The van der Waals surface area contributed by atoms with Gasteiger partial charge in [-0.1, -0.05) is 72.1 Å². The lowest BCUT2D eigenvalue weighted by molar-refractivity contribution is 0.0831. The van der Waals surface area contributed by atoms with Crippen LogP contribution in [0, 0.1) is 17.3 Å². The molecule has 5 aliphatic rings. The van der Waals surface area contributed by atoms with Crippen LogP contribution in [0.1, 0.15) is 41.6 Å². The maximum absolute atomic E-state index is 13.5. The molecule has 0 radical (unpaired) electrons. The predicted octanol–water partition coefficient (Wildman–Crippen LogP) is 4.72. The van der Waals surface area contributed by atoms with E-state index in [-0.39, 0.29) is 44.2 Å². The van der Waals surface area contributed by atoms with Gasteiger partial charge in [0.15, 0.2) is 0 Å². The first-order valence-electron chi connectivity index (χ1n) is 12.6. The van der Waals surface area contributed by atoms with Crippen molar-refractivity contribution in [2.45, 2.75) is 54.4 Å². The molecule has 3 fully saturated rings. The van der Waals surface area contributed by atoms with E-state index in [4.69, 9.17) is 0 Å². The highest BCUT2D eigenvalue weighted by Crippen LogP contribution is 2.68. The topological polar surface area (TPSA) is 41.1 Å². The molecule has 0 spiro atoms. The van der Waals surface area contributed by atoms with E-state index >= 15 is 0 Å². The third kappa shape index (κ3) is 3.46. The van der Waals surface area contributed by atoms with Crippen LogP contribution in [-0.2, 0) is 0 Å². The van der Waals surface area contributed by atoms with E-state index in [0.717, 1.165) is 12.0 Å². The fourth-order valence-corrected chi connectivity index (χ4v) is 9.37. The van der Waals surface area contributed by atoms with E-state index < -0.39 is 0 Å². The lowest BCUT2D eigenvalue weighted by Crippen LogP contribution is -2.67. The first-order chi connectivity index (χ1) is 16.0. The molecule has 0 aromatic heterocycles. The summed E-state index contributed by atoms with van der Waals surface area (Å²) in [6.45, 7) is 2.39. The van der Waals surface area contributed by atoms with Crippen LogP contribution in [0.15, 0.2) is 84.5 Å². The third-order valence-electron chi connectivity index (χ3n) is 8.86. The number of carbonyl (C=O) groups excluding carboxylic acids is 1. The lowest BCUT2D eigenvalue weighted by Gasteiger charge is -2.54. The minimum Gasteiger partial charge on any atom is -0.347 e. The molecule has 7 unspecified atom stereocenters. The third-order valence-corrected chi connectivity index (χ3v) is 10.3. The summed E-state index contributed by atoms with van der Waals surface area (Å²) in [5, 5.41) is 8.94. The summed E-state index contributed by atoms with van der Waals surface area (Å²) in [5.74, 6) is 4.15. The molecule has 2 saturated carbocycles. The van der Waals surface area contributed by atoms with Crippen molar-refractivity contribution in [3.8, 4) is 0 Å². The van der Waals surface area contributed by atoms with Crippen molar-refractivity contribution in [1.82, 2.24) is 10.6 Å². The number of carbonyl (C=O) groups is 1. The van der Waals surface area contributed by atoms with Gasteiger partial charge in [-0.2, -0.15) is 0 Å². The number of hydrogen-bond acceptors (Lipinski definition) is 2. The minimum absolute atomic E-state index is 0.0593. The molecule has 1 amide bonds. The molecule has 1 saturated heterocycles. The van der Waals surface area contributed by atoms with Gasteiger partial charge in [0.2, 0.25) is 15.2 Å². The molecule has 168 valence electrons. The van der Waals surface area contributed by atoms with E-state index in [2.05, 4.69) is 78.0 Å². The molecule has 4 heteroatoms. The zero-order chi connectivity index (χ0) is 22.6. The van der Waals surface area contributed by atoms with Crippen molar-refractivity contribution in [3.05, 3.63) is 95.6 Å². The van der Waals surface area contributed by atoms with Crippen molar-refractivity contribution in [3.63, 3.8) is 0 Å². The summed E-state index contributed by atoms with van der Waals surface area (Å²) in [4.78, 5) is 13.5. The highest BCUT2D eigenvalue weighted by molar-refractivity contribution is 6.33. The molecule has 1 aromatic rings. The first-order valence-corrected chi connectivity index (χ1v) is 15.0. The summed E-state index contributed by atoms with van der Waals surface area (Å²) in [7, 11) is 0. The second-order valence-electron chi connectivity index (χ2n) is 11.0. The van der Waals surface area contributed by atoms with Crippen LogP contribution in [0.25, 0.3) is 0 Å². The Labute approximate surface area is 203 Å². The Morgan fingerprint density at radius 2 is 1.91 bits per heavy atom. The van der Waals surface area contributed by atoms with Crippen molar-refractivity contribution in [2.75, 3.05) is 0 Å². The van der Waals surface area contributed by atoms with Gasteiger partial charge in [-0.05, 0) is 66.2 Å². The first kappa shape index (κ1) is 21.4. The Kier molecular flexibility index (Phi) is 5.18. The largest absolute Gasteiger partial charge is 0.347 e. The fraction of sp³-hybridized carbons (Fsp3) is 0.414. The summed E-state index contributed by atoms with van der Waals surface area (Å²) >= 11 is -0.132. The SMILES string of the molecule is [CH3][AlH][CH2]C12CC3C4c5cccccccc(c5)C(=O)NC(C34)C(C)(C1)NC1C=CC=CC=C12. The lowest BCUT2D eigenvalue weighted by atomic mass is 9.63. The summed E-state index contributed by atoms with van der Waals surface area (Å²) in [6, 6.07) is 17.0. The number of hydrogen-bond donors (Lipinski definition) is 2. The van der Waals surface area contributed by atoms with Crippen LogP contribution in [0.4, 0.5) is 0 Å². The predicted molar refractivity (Wildman–Crippen MR) is 136 cm³/mol. The molecule has 7 atom stereocenters. The Hall–Kier alpha value is -2.12. The maximum atomic E-state index is 13.5. The van der Waals surface area contributed by atoms with Crippen molar-refractivity contribution in [1.29, 1.82) is 0 Å². The summed E-state index contributed by atoms with van der Waals surface area (Å²) in [6.07, 6.45) is 13.7. The van der Waals surface area contributed by atoms with Crippen LogP contribution in [0.3, 0.4) is 0 Å². The molecule has 6 rings (SSSR count). The van der Waals surface area contributed by atoms with Crippen molar-refractivity contribution >= 4 is 21.1 Å². The molecule has 2 N–H and O–H groups in total. The zero-order valence-corrected chi connectivity index (χ0v) is 21.0. The second-order valence-corrected chi connectivity index (χ2v) is 12.5. The summed E-state index contributed by atoms with van der Waals surface area (Å²) in [5.41, 5.74) is 3.78. The molecule has 33 heavy (non-hydrogen) atoms. The van der Waals surface area contributed by atoms with Crippen molar-refractivity contribution in [2.24, 2.45) is 17.3 Å². The Bertz CT molecular complexity index is 1140. The van der Waals surface area contributed by atoms with E-state index in [1.54, 1.807) is 5.57 Å². The number of allylic oxidation sites excluding steroid dienone is 4.